The van der Waals surface area contributed by atoms with Gasteiger partial charge in [0, 0.05) is 35.0 Å². The van der Waals surface area contributed by atoms with Gasteiger partial charge in [-0.25, -0.2) is 15.0 Å². The van der Waals surface area contributed by atoms with E-state index in [1.54, 1.807) is 6.20 Å². The molecule has 4 N–H and O–H groups in total. The molecule has 7 heteroatoms. The van der Waals surface area contributed by atoms with Crippen LogP contribution >= 0.6 is 0 Å². The monoisotopic (exact) mass is 445 g/mol. The largest absolute Gasteiger partial charge is 0.383 e. The Morgan fingerprint density at radius 3 is 2.64 bits per heavy atom. The molecule has 1 aliphatic carbocycles. The zero-order valence-electron chi connectivity index (χ0n) is 20.2. The van der Waals surface area contributed by atoms with Crippen LogP contribution < -0.4 is 11.1 Å². The standard InChI is InChI=1S/C19H20N6.C7H15N/c1-4-12(13-7-10(2)23-18(13)21-3)19-24-15-9-22-8-14(11-5-6-11)16(15)17(20)25-19;1-7(2)4-3-5-8-6-7/h4,7-9,11,23H,3,5-6H2,1-2H3,(H2,20,24,25);8H,3-6H2,1-2H3/b12-4+;. The van der Waals surface area contributed by atoms with Crippen LogP contribution in [0.1, 0.15) is 75.0 Å². The predicted molar refractivity (Wildman–Crippen MR) is 137 cm³/mol. The molecule has 0 radical (unpaired) electrons. The second-order valence-corrected chi connectivity index (χ2v) is 9.85. The number of aromatic nitrogens is 4. The summed E-state index contributed by atoms with van der Waals surface area (Å²) in [5.41, 5.74) is 11.6. The first-order valence-electron chi connectivity index (χ1n) is 11.8. The molecular formula is C26H35N7. The first kappa shape index (κ1) is 23.1. The number of hydrogen-bond donors (Lipinski definition) is 3. The van der Waals surface area contributed by atoms with Crippen LogP contribution in [0.5, 0.6) is 0 Å². The quantitative estimate of drug-likeness (QED) is 0.473. The molecule has 3 aromatic heterocycles. The molecular weight excluding hydrogens is 410 g/mol. The van der Waals surface area contributed by atoms with Crippen LogP contribution in [0.25, 0.3) is 16.5 Å². The molecule has 1 aliphatic heterocycles. The highest BCUT2D eigenvalue weighted by atomic mass is 15.0. The Kier molecular flexibility index (Phi) is 6.61. The van der Waals surface area contributed by atoms with E-state index in [1.807, 2.05) is 32.2 Å². The number of nitrogen functional groups attached to an aromatic ring is 1. The average molecular weight is 446 g/mol. The van der Waals surface area contributed by atoms with E-state index in [2.05, 4.69) is 45.8 Å². The first-order valence-corrected chi connectivity index (χ1v) is 11.8. The minimum absolute atomic E-state index is 0.504. The fraction of sp³-hybridized carbons (Fsp3) is 0.462. The van der Waals surface area contributed by atoms with Gasteiger partial charge in [-0.2, -0.15) is 0 Å². The zero-order chi connectivity index (χ0) is 23.6. The molecule has 0 amide bonds. The van der Waals surface area contributed by atoms with Gasteiger partial charge >= 0.3 is 0 Å². The van der Waals surface area contributed by atoms with Crippen molar-refractivity contribution in [1.82, 2.24) is 25.3 Å². The smallest absolute Gasteiger partial charge is 0.162 e. The van der Waals surface area contributed by atoms with Gasteiger partial charge in [0.05, 0.1) is 11.7 Å². The van der Waals surface area contributed by atoms with Crippen molar-refractivity contribution >= 4 is 34.8 Å². The third-order valence-electron chi connectivity index (χ3n) is 6.40. The zero-order valence-corrected chi connectivity index (χ0v) is 20.2. The van der Waals surface area contributed by atoms with Crippen LogP contribution in [0.4, 0.5) is 11.6 Å². The Bertz CT molecular complexity index is 1180. The number of nitrogens with one attached hydrogen (secondary N) is 2. The van der Waals surface area contributed by atoms with E-state index in [1.165, 1.54) is 38.8 Å². The van der Waals surface area contributed by atoms with Gasteiger partial charge in [0.15, 0.2) is 5.82 Å². The van der Waals surface area contributed by atoms with Crippen molar-refractivity contribution < 1.29 is 0 Å². The van der Waals surface area contributed by atoms with Crippen molar-refractivity contribution in [3.05, 3.63) is 47.2 Å². The van der Waals surface area contributed by atoms with Crippen molar-refractivity contribution in [2.24, 2.45) is 10.4 Å². The Labute approximate surface area is 196 Å². The number of nitrogens with zero attached hydrogens (tertiary/aromatic N) is 4. The van der Waals surface area contributed by atoms with Crippen molar-refractivity contribution in [2.75, 3.05) is 18.8 Å². The number of anilines is 1. The van der Waals surface area contributed by atoms with Gasteiger partial charge in [0.2, 0.25) is 0 Å². The van der Waals surface area contributed by atoms with E-state index in [-0.39, 0.29) is 0 Å². The number of fused-ring (bicyclic) bond motifs is 1. The number of allylic oxidation sites excluding steroid dienone is 1. The minimum Gasteiger partial charge on any atom is -0.383 e. The van der Waals surface area contributed by atoms with Crippen molar-refractivity contribution in [2.45, 2.75) is 59.3 Å². The lowest BCUT2D eigenvalue weighted by Gasteiger charge is -2.29. The number of aromatic amines is 1. The number of piperidine rings is 1. The summed E-state index contributed by atoms with van der Waals surface area (Å²) in [6, 6.07) is 2.02. The predicted octanol–water partition coefficient (Wildman–Crippen LogP) is 5.30. The van der Waals surface area contributed by atoms with Crippen LogP contribution in [-0.4, -0.2) is 39.7 Å². The minimum atomic E-state index is 0.504. The van der Waals surface area contributed by atoms with E-state index >= 15 is 0 Å². The summed E-state index contributed by atoms with van der Waals surface area (Å²) in [5.74, 6) is 2.32. The molecule has 2 aliphatic rings. The van der Waals surface area contributed by atoms with Crippen LogP contribution in [0.3, 0.4) is 0 Å². The van der Waals surface area contributed by atoms with Crippen LogP contribution in [0.2, 0.25) is 0 Å². The summed E-state index contributed by atoms with van der Waals surface area (Å²) in [7, 11) is 0. The normalized spacial score (nSPS) is 18.0. The summed E-state index contributed by atoms with van der Waals surface area (Å²) < 4.78 is 0. The number of H-pyrrole nitrogens is 1. The van der Waals surface area contributed by atoms with E-state index in [4.69, 9.17) is 10.7 Å². The van der Waals surface area contributed by atoms with Crippen LogP contribution in [0.15, 0.2) is 29.5 Å². The summed E-state index contributed by atoms with van der Waals surface area (Å²) in [6.45, 7) is 14.6. The Balaban J connectivity index is 0.000000275. The number of nitrogens with two attached hydrogens (primary N) is 1. The highest BCUT2D eigenvalue weighted by Gasteiger charge is 2.27. The molecule has 7 nitrogen and oxygen atoms in total. The van der Waals surface area contributed by atoms with Crippen molar-refractivity contribution in [1.29, 1.82) is 0 Å². The third kappa shape index (κ3) is 5.14. The summed E-state index contributed by atoms with van der Waals surface area (Å²) in [6.07, 6.45) is 10.7. The van der Waals surface area contributed by atoms with Gasteiger partial charge in [0.1, 0.15) is 11.6 Å². The molecule has 1 saturated heterocycles. The molecule has 0 unspecified atom stereocenters. The van der Waals surface area contributed by atoms with Gasteiger partial charge in [0.25, 0.3) is 0 Å². The molecule has 4 heterocycles. The summed E-state index contributed by atoms with van der Waals surface area (Å²) >= 11 is 0. The number of aryl methyl sites for hydroxylation is 1. The van der Waals surface area contributed by atoms with Gasteiger partial charge in [-0.3, -0.25) is 4.98 Å². The van der Waals surface area contributed by atoms with Crippen molar-refractivity contribution in [3.63, 3.8) is 0 Å². The summed E-state index contributed by atoms with van der Waals surface area (Å²) in [5, 5.41) is 4.31. The van der Waals surface area contributed by atoms with E-state index in [0.717, 1.165) is 33.3 Å². The number of rotatable bonds is 4. The fourth-order valence-electron chi connectivity index (χ4n) is 4.48. The lowest BCUT2D eigenvalue weighted by atomic mass is 9.85. The van der Waals surface area contributed by atoms with E-state index < -0.39 is 0 Å². The van der Waals surface area contributed by atoms with E-state index in [0.29, 0.717) is 28.8 Å². The molecule has 0 spiro atoms. The summed E-state index contributed by atoms with van der Waals surface area (Å²) in [4.78, 5) is 21.0. The molecule has 5 rings (SSSR count). The molecule has 0 aromatic carbocycles. The Morgan fingerprint density at radius 2 is 2.06 bits per heavy atom. The molecule has 1 saturated carbocycles. The maximum absolute atomic E-state index is 6.32. The first-order chi connectivity index (χ1) is 15.8. The second kappa shape index (κ2) is 9.43. The number of pyridine rings is 1. The fourth-order valence-corrected chi connectivity index (χ4v) is 4.48. The maximum Gasteiger partial charge on any atom is 0.162 e. The van der Waals surface area contributed by atoms with Crippen LogP contribution in [-0.2, 0) is 0 Å². The highest BCUT2D eigenvalue weighted by Crippen LogP contribution is 2.43. The molecule has 3 aromatic rings. The van der Waals surface area contributed by atoms with Gasteiger partial charge in [-0.1, -0.05) is 19.9 Å². The van der Waals surface area contributed by atoms with Crippen LogP contribution in [0, 0.1) is 12.3 Å². The molecule has 174 valence electrons. The Morgan fingerprint density at radius 1 is 1.27 bits per heavy atom. The Hall–Kier alpha value is -3.06. The highest BCUT2D eigenvalue weighted by molar-refractivity contribution is 5.93. The van der Waals surface area contributed by atoms with Gasteiger partial charge in [-0.15, -0.1) is 0 Å². The van der Waals surface area contributed by atoms with Gasteiger partial charge in [-0.05, 0) is 75.8 Å². The number of hydrogen-bond acceptors (Lipinski definition) is 6. The third-order valence-corrected chi connectivity index (χ3v) is 6.40. The SMILES string of the molecule is C=Nc1[nH]c(C)cc1/C(=C\C)c1nc(N)c2c(C3CC3)cncc2n1.CC1(C)CCCNC1. The van der Waals surface area contributed by atoms with Crippen molar-refractivity contribution in [3.8, 4) is 0 Å². The maximum atomic E-state index is 6.32. The molecule has 0 bridgehead atoms. The second-order valence-electron chi connectivity index (χ2n) is 9.85. The van der Waals surface area contributed by atoms with E-state index in [9.17, 15) is 0 Å². The average Bonchev–Trinajstić information content (AvgIpc) is 3.56. The number of aliphatic imine (C=N–C) groups is 1. The molecule has 33 heavy (non-hydrogen) atoms. The topological polar surface area (TPSA) is 105 Å². The van der Waals surface area contributed by atoms with Gasteiger partial charge < -0.3 is 16.0 Å². The molecule has 0 atom stereocenters. The molecule has 2 fully saturated rings. The lowest BCUT2D eigenvalue weighted by Crippen LogP contribution is -2.35. The lowest BCUT2D eigenvalue weighted by molar-refractivity contribution is 0.265.